The molecule has 0 fully saturated rings. The summed E-state index contributed by atoms with van der Waals surface area (Å²) >= 11 is 6.94. The van der Waals surface area contributed by atoms with E-state index in [2.05, 4.69) is 10.3 Å². The maximum Gasteiger partial charge on any atom is 0.266 e. The first-order chi connectivity index (χ1) is 15.5. The maximum absolute atomic E-state index is 14.5. The van der Waals surface area contributed by atoms with E-state index in [1.807, 2.05) is 6.07 Å². The molecule has 1 heterocycles. The monoisotopic (exact) mass is 464 g/mol. The summed E-state index contributed by atoms with van der Waals surface area (Å²) in [6, 6.07) is 19.1. The van der Waals surface area contributed by atoms with Crippen LogP contribution in [0.15, 0.2) is 76.7 Å². The summed E-state index contributed by atoms with van der Waals surface area (Å²) < 4.78 is 15.7. The number of nitrogens with one attached hydrogen (secondary N) is 1. The molecule has 0 saturated heterocycles. The number of benzene rings is 3. The Morgan fingerprint density at radius 3 is 2.69 bits per heavy atom. The number of thioether (sulfide) groups is 1. The average Bonchev–Trinajstić information content (AvgIpc) is 2.79. The Hall–Kier alpha value is -3.67. The van der Waals surface area contributed by atoms with Crippen molar-refractivity contribution in [1.82, 2.24) is 9.55 Å². The molecule has 0 bridgehead atoms. The number of anilines is 1. The minimum Gasteiger partial charge on any atom is -0.324 e. The highest BCUT2D eigenvalue weighted by molar-refractivity contribution is 7.99. The summed E-state index contributed by atoms with van der Waals surface area (Å²) in [5.41, 5.74) is 0.587. The van der Waals surface area contributed by atoms with E-state index in [4.69, 9.17) is 11.6 Å². The van der Waals surface area contributed by atoms with Gasteiger partial charge in [-0.05, 0) is 42.5 Å². The third-order valence-corrected chi connectivity index (χ3v) is 5.72. The molecule has 0 radical (unpaired) electrons. The first kappa shape index (κ1) is 21.6. The number of carbonyl (C=O) groups is 1. The number of amides is 1. The number of para-hydroxylation sites is 2. The predicted molar refractivity (Wildman–Crippen MR) is 123 cm³/mol. The fourth-order valence-electron chi connectivity index (χ4n) is 3.09. The second-order valence-electron chi connectivity index (χ2n) is 6.64. The molecule has 3 aromatic carbocycles. The number of fused-ring (bicyclic) bond motifs is 1. The molecular weight excluding hydrogens is 451 g/mol. The normalized spacial score (nSPS) is 10.7. The molecule has 0 atom stereocenters. The zero-order chi connectivity index (χ0) is 22.7. The molecule has 1 amide bonds. The van der Waals surface area contributed by atoms with Gasteiger partial charge in [-0.3, -0.25) is 14.2 Å². The minimum absolute atomic E-state index is 0.0419. The molecule has 0 saturated carbocycles. The van der Waals surface area contributed by atoms with Crippen LogP contribution in [0.25, 0.3) is 16.6 Å². The van der Waals surface area contributed by atoms with Gasteiger partial charge in [0.25, 0.3) is 5.56 Å². The fourth-order valence-corrected chi connectivity index (χ4v) is 4.07. The molecule has 1 aromatic heterocycles. The topological polar surface area (TPSA) is 87.8 Å². The van der Waals surface area contributed by atoms with Gasteiger partial charge in [0.15, 0.2) is 5.16 Å². The molecule has 0 spiro atoms. The van der Waals surface area contributed by atoms with Crippen LogP contribution >= 0.6 is 23.4 Å². The van der Waals surface area contributed by atoms with Crippen LogP contribution in [0.1, 0.15) is 5.56 Å². The van der Waals surface area contributed by atoms with E-state index in [1.165, 1.54) is 30.3 Å². The van der Waals surface area contributed by atoms with E-state index < -0.39 is 17.3 Å². The predicted octanol–water partition coefficient (Wildman–Crippen LogP) is 4.78. The standard InChI is InChI=1S/C23H14ClFN4O2S/c24-15-10-9-14(12-26)19(11-15)27-21(30)13-32-23-28-18-7-3-1-5-16(18)22(31)29(23)20-8-4-2-6-17(20)25/h1-11H,13H2,(H,27,30). The van der Waals surface area contributed by atoms with Crippen molar-refractivity contribution < 1.29 is 9.18 Å². The van der Waals surface area contributed by atoms with Crippen LogP contribution in [0.2, 0.25) is 5.02 Å². The molecule has 0 unspecified atom stereocenters. The second-order valence-corrected chi connectivity index (χ2v) is 8.02. The van der Waals surface area contributed by atoms with Crippen LogP contribution in [0.3, 0.4) is 0 Å². The van der Waals surface area contributed by atoms with Crippen molar-refractivity contribution in [2.75, 3.05) is 11.1 Å². The number of rotatable bonds is 5. The Morgan fingerprint density at radius 2 is 1.91 bits per heavy atom. The Balaban J connectivity index is 1.69. The number of hydrogen-bond acceptors (Lipinski definition) is 5. The number of nitriles is 1. The molecule has 6 nitrogen and oxygen atoms in total. The van der Waals surface area contributed by atoms with Crippen molar-refractivity contribution in [2.24, 2.45) is 0 Å². The highest BCUT2D eigenvalue weighted by atomic mass is 35.5. The third kappa shape index (κ3) is 4.35. The molecule has 0 aliphatic carbocycles. The zero-order valence-electron chi connectivity index (χ0n) is 16.4. The number of carbonyl (C=O) groups excluding carboxylic acids is 1. The van der Waals surface area contributed by atoms with Gasteiger partial charge in [-0.2, -0.15) is 5.26 Å². The summed E-state index contributed by atoms with van der Waals surface area (Å²) in [6.45, 7) is 0. The lowest BCUT2D eigenvalue weighted by atomic mass is 10.2. The van der Waals surface area contributed by atoms with E-state index in [0.29, 0.717) is 15.9 Å². The van der Waals surface area contributed by atoms with E-state index >= 15 is 0 Å². The zero-order valence-corrected chi connectivity index (χ0v) is 18.0. The van der Waals surface area contributed by atoms with Crippen LogP contribution in [0, 0.1) is 17.1 Å². The second kappa shape index (κ2) is 9.22. The summed E-state index contributed by atoms with van der Waals surface area (Å²) in [5, 5.41) is 12.7. The first-order valence-corrected chi connectivity index (χ1v) is 10.7. The van der Waals surface area contributed by atoms with Gasteiger partial charge in [-0.15, -0.1) is 0 Å². The quantitative estimate of drug-likeness (QED) is 0.339. The summed E-state index contributed by atoms with van der Waals surface area (Å²) in [5.74, 6) is -1.15. The lowest BCUT2D eigenvalue weighted by molar-refractivity contribution is -0.113. The molecule has 4 rings (SSSR count). The van der Waals surface area contributed by atoms with Crippen LogP contribution in [-0.2, 0) is 4.79 Å². The summed E-state index contributed by atoms with van der Waals surface area (Å²) in [7, 11) is 0. The van der Waals surface area contributed by atoms with Gasteiger partial charge in [0.1, 0.15) is 11.9 Å². The molecule has 0 aliphatic heterocycles. The summed E-state index contributed by atoms with van der Waals surface area (Å²) in [6.07, 6.45) is 0. The Morgan fingerprint density at radius 1 is 1.16 bits per heavy atom. The average molecular weight is 465 g/mol. The maximum atomic E-state index is 14.5. The van der Waals surface area contributed by atoms with Gasteiger partial charge in [-0.25, -0.2) is 9.37 Å². The number of hydrogen-bond donors (Lipinski definition) is 1. The number of halogens is 2. The molecule has 0 aliphatic rings. The van der Waals surface area contributed by atoms with Crippen LogP contribution in [0.5, 0.6) is 0 Å². The van der Waals surface area contributed by atoms with Gasteiger partial charge >= 0.3 is 0 Å². The van der Waals surface area contributed by atoms with Gasteiger partial charge in [0.2, 0.25) is 5.91 Å². The van der Waals surface area contributed by atoms with Gasteiger partial charge in [-0.1, -0.05) is 47.6 Å². The molecule has 1 N–H and O–H groups in total. The molecular formula is C23H14ClFN4O2S. The van der Waals surface area contributed by atoms with Crippen molar-refractivity contribution in [1.29, 1.82) is 5.26 Å². The SMILES string of the molecule is N#Cc1ccc(Cl)cc1NC(=O)CSc1nc2ccccc2c(=O)n1-c1ccccc1F. The summed E-state index contributed by atoms with van der Waals surface area (Å²) in [4.78, 5) is 30.2. The smallest absolute Gasteiger partial charge is 0.266 e. The highest BCUT2D eigenvalue weighted by Crippen LogP contribution is 2.24. The van der Waals surface area contributed by atoms with Crippen molar-refractivity contribution in [3.63, 3.8) is 0 Å². The van der Waals surface area contributed by atoms with Crippen molar-refractivity contribution in [3.8, 4) is 11.8 Å². The number of aromatic nitrogens is 2. The molecule has 32 heavy (non-hydrogen) atoms. The Bertz CT molecular complexity index is 1450. The molecule has 9 heteroatoms. The lowest BCUT2D eigenvalue weighted by Gasteiger charge is -2.14. The van der Waals surface area contributed by atoms with Gasteiger partial charge in [0, 0.05) is 5.02 Å². The van der Waals surface area contributed by atoms with Crippen LogP contribution < -0.4 is 10.9 Å². The molecule has 4 aromatic rings. The lowest BCUT2D eigenvalue weighted by Crippen LogP contribution is -2.23. The van der Waals surface area contributed by atoms with E-state index in [9.17, 15) is 19.2 Å². The van der Waals surface area contributed by atoms with Crippen molar-refractivity contribution in [2.45, 2.75) is 5.16 Å². The molecule has 158 valence electrons. The van der Waals surface area contributed by atoms with E-state index in [-0.39, 0.29) is 27.8 Å². The van der Waals surface area contributed by atoms with E-state index in [0.717, 1.165) is 16.3 Å². The van der Waals surface area contributed by atoms with Crippen LogP contribution in [-0.4, -0.2) is 21.2 Å². The first-order valence-electron chi connectivity index (χ1n) is 9.37. The third-order valence-electron chi connectivity index (χ3n) is 4.55. The van der Waals surface area contributed by atoms with Gasteiger partial charge in [0.05, 0.1) is 33.6 Å². The van der Waals surface area contributed by atoms with E-state index in [1.54, 1.807) is 36.4 Å². The Kier molecular flexibility index (Phi) is 6.21. The largest absolute Gasteiger partial charge is 0.324 e. The van der Waals surface area contributed by atoms with Crippen molar-refractivity contribution >= 4 is 45.9 Å². The van der Waals surface area contributed by atoms with Crippen molar-refractivity contribution in [3.05, 3.63) is 93.5 Å². The highest BCUT2D eigenvalue weighted by Gasteiger charge is 2.17. The Labute approximate surface area is 191 Å². The fraction of sp³-hybridized carbons (Fsp3) is 0.0435. The minimum atomic E-state index is -0.587. The van der Waals surface area contributed by atoms with Gasteiger partial charge < -0.3 is 5.32 Å². The number of nitrogens with zero attached hydrogens (tertiary/aromatic N) is 3. The van der Waals surface area contributed by atoms with Crippen LogP contribution in [0.4, 0.5) is 10.1 Å².